The van der Waals surface area contributed by atoms with Gasteiger partial charge in [0.15, 0.2) is 0 Å². The molecule has 0 fully saturated rings. The van der Waals surface area contributed by atoms with Crippen molar-refractivity contribution < 1.29 is 4.79 Å². The van der Waals surface area contributed by atoms with E-state index in [4.69, 9.17) is 0 Å². The smallest absolute Gasteiger partial charge is 0.221 e. The van der Waals surface area contributed by atoms with Crippen LogP contribution in [0.3, 0.4) is 0 Å². The van der Waals surface area contributed by atoms with E-state index < -0.39 is 0 Å². The number of hydrogen-bond donors (Lipinski definition) is 1. The van der Waals surface area contributed by atoms with E-state index in [9.17, 15) is 4.79 Å². The maximum absolute atomic E-state index is 12.4. The van der Waals surface area contributed by atoms with Crippen LogP contribution in [0.4, 0.5) is 0 Å². The van der Waals surface area contributed by atoms with E-state index in [-0.39, 0.29) is 11.9 Å². The molecule has 114 valence electrons. The lowest BCUT2D eigenvalue weighted by atomic mass is 9.97. The SMILES string of the molecule is Cc1ccccc1C(C)NC(=O)CC1CCc2ccccc21. The number of carbonyl (C=O) groups is 1. The van der Waals surface area contributed by atoms with Crippen LogP contribution < -0.4 is 5.32 Å². The van der Waals surface area contributed by atoms with Crippen LogP contribution in [0.15, 0.2) is 48.5 Å². The van der Waals surface area contributed by atoms with Crippen molar-refractivity contribution in [2.45, 2.75) is 45.1 Å². The van der Waals surface area contributed by atoms with E-state index in [0.717, 1.165) is 12.8 Å². The maximum atomic E-state index is 12.4. The molecule has 2 heteroatoms. The first kappa shape index (κ1) is 14.8. The lowest BCUT2D eigenvalue weighted by molar-refractivity contribution is -0.122. The predicted molar refractivity (Wildman–Crippen MR) is 89.9 cm³/mol. The normalized spacial score (nSPS) is 17.8. The minimum Gasteiger partial charge on any atom is -0.350 e. The van der Waals surface area contributed by atoms with Crippen LogP contribution in [-0.2, 0) is 11.2 Å². The van der Waals surface area contributed by atoms with E-state index in [1.165, 1.54) is 22.3 Å². The molecule has 0 spiro atoms. The number of aryl methyl sites for hydroxylation is 2. The van der Waals surface area contributed by atoms with Crippen LogP contribution >= 0.6 is 0 Å². The number of amides is 1. The van der Waals surface area contributed by atoms with E-state index in [1.54, 1.807) is 0 Å². The number of nitrogens with one attached hydrogen (secondary N) is 1. The number of carbonyl (C=O) groups excluding carboxylic acids is 1. The monoisotopic (exact) mass is 293 g/mol. The summed E-state index contributed by atoms with van der Waals surface area (Å²) in [7, 11) is 0. The maximum Gasteiger partial charge on any atom is 0.221 e. The summed E-state index contributed by atoms with van der Waals surface area (Å²) in [4.78, 5) is 12.4. The number of hydrogen-bond acceptors (Lipinski definition) is 1. The Hall–Kier alpha value is -2.09. The van der Waals surface area contributed by atoms with Crippen molar-refractivity contribution in [1.82, 2.24) is 5.32 Å². The van der Waals surface area contributed by atoms with Crippen LogP contribution in [0.1, 0.15) is 54.0 Å². The van der Waals surface area contributed by atoms with Crippen molar-refractivity contribution in [3.8, 4) is 0 Å². The quantitative estimate of drug-likeness (QED) is 0.895. The third-order valence-corrected chi connectivity index (χ3v) is 4.72. The summed E-state index contributed by atoms with van der Waals surface area (Å²) in [6, 6.07) is 16.8. The molecule has 0 saturated heterocycles. The molecule has 2 aromatic rings. The first-order valence-electron chi connectivity index (χ1n) is 8.08. The predicted octanol–water partition coefficient (Wildman–Crippen LogP) is 4.29. The van der Waals surface area contributed by atoms with Gasteiger partial charge in [0.25, 0.3) is 0 Å². The highest BCUT2D eigenvalue weighted by Crippen LogP contribution is 2.35. The Morgan fingerprint density at radius 2 is 1.91 bits per heavy atom. The molecular weight excluding hydrogens is 270 g/mol. The van der Waals surface area contributed by atoms with Crippen LogP contribution in [0.2, 0.25) is 0 Å². The molecule has 0 aliphatic heterocycles. The average Bonchev–Trinajstić information content (AvgIpc) is 2.91. The third-order valence-electron chi connectivity index (χ3n) is 4.72. The fraction of sp³-hybridized carbons (Fsp3) is 0.350. The first-order valence-corrected chi connectivity index (χ1v) is 8.08. The van der Waals surface area contributed by atoms with Gasteiger partial charge in [0, 0.05) is 6.42 Å². The largest absolute Gasteiger partial charge is 0.350 e. The fourth-order valence-electron chi connectivity index (χ4n) is 3.53. The Morgan fingerprint density at radius 3 is 2.73 bits per heavy atom. The summed E-state index contributed by atoms with van der Waals surface area (Å²) in [6.45, 7) is 4.15. The Kier molecular flexibility index (Phi) is 4.28. The second-order valence-electron chi connectivity index (χ2n) is 6.28. The number of benzene rings is 2. The lowest BCUT2D eigenvalue weighted by Gasteiger charge is -2.18. The van der Waals surface area contributed by atoms with Gasteiger partial charge in [-0.1, -0.05) is 48.5 Å². The zero-order valence-corrected chi connectivity index (χ0v) is 13.3. The van der Waals surface area contributed by atoms with Gasteiger partial charge in [-0.2, -0.15) is 0 Å². The van der Waals surface area contributed by atoms with Crippen molar-refractivity contribution in [3.63, 3.8) is 0 Å². The Balaban J connectivity index is 1.63. The molecule has 3 rings (SSSR count). The summed E-state index contributed by atoms with van der Waals surface area (Å²) < 4.78 is 0. The van der Waals surface area contributed by atoms with Crippen molar-refractivity contribution in [2.75, 3.05) is 0 Å². The minimum atomic E-state index is 0.0605. The Bertz CT molecular complexity index is 677. The van der Waals surface area contributed by atoms with Crippen LogP contribution in [0.25, 0.3) is 0 Å². The van der Waals surface area contributed by atoms with Gasteiger partial charge in [-0.15, -0.1) is 0 Å². The van der Waals surface area contributed by atoms with Crippen molar-refractivity contribution in [2.24, 2.45) is 0 Å². The molecule has 2 aromatic carbocycles. The highest BCUT2D eigenvalue weighted by atomic mass is 16.1. The number of rotatable bonds is 4. The summed E-state index contributed by atoms with van der Waals surface area (Å²) >= 11 is 0. The van der Waals surface area contributed by atoms with Crippen molar-refractivity contribution in [1.29, 1.82) is 0 Å². The molecule has 2 nitrogen and oxygen atoms in total. The van der Waals surface area contributed by atoms with Gasteiger partial charge in [0.2, 0.25) is 5.91 Å². The second-order valence-corrected chi connectivity index (χ2v) is 6.28. The van der Waals surface area contributed by atoms with E-state index in [1.807, 2.05) is 12.1 Å². The van der Waals surface area contributed by atoms with Gasteiger partial charge in [-0.05, 0) is 54.9 Å². The summed E-state index contributed by atoms with van der Waals surface area (Å²) in [5, 5.41) is 3.16. The van der Waals surface area contributed by atoms with Gasteiger partial charge in [0.05, 0.1) is 6.04 Å². The highest BCUT2D eigenvalue weighted by molar-refractivity contribution is 5.77. The van der Waals surface area contributed by atoms with Crippen molar-refractivity contribution >= 4 is 5.91 Å². The molecule has 0 radical (unpaired) electrons. The van der Waals surface area contributed by atoms with Crippen LogP contribution in [0, 0.1) is 6.92 Å². The average molecular weight is 293 g/mol. The van der Waals surface area contributed by atoms with Crippen molar-refractivity contribution in [3.05, 3.63) is 70.8 Å². The Morgan fingerprint density at radius 1 is 1.18 bits per heavy atom. The molecule has 2 atom stereocenters. The molecule has 0 saturated carbocycles. The summed E-state index contributed by atoms with van der Waals surface area (Å²) in [6.07, 6.45) is 2.78. The summed E-state index contributed by atoms with van der Waals surface area (Å²) in [5.74, 6) is 0.526. The molecule has 1 amide bonds. The molecule has 2 unspecified atom stereocenters. The standard InChI is InChI=1S/C20H23NO/c1-14-7-3-5-9-18(14)15(2)21-20(22)13-17-12-11-16-8-4-6-10-19(16)17/h3-10,15,17H,11-13H2,1-2H3,(H,21,22). The van der Waals surface area contributed by atoms with E-state index >= 15 is 0 Å². The topological polar surface area (TPSA) is 29.1 Å². The van der Waals surface area contributed by atoms with Crippen LogP contribution in [0.5, 0.6) is 0 Å². The zero-order chi connectivity index (χ0) is 15.5. The molecule has 0 aromatic heterocycles. The molecule has 1 aliphatic rings. The molecular formula is C20H23NO. The van der Waals surface area contributed by atoms with Gasteiger partial charge < -0.3 is 5.32 Å². The van der Waals surface area contributed by atoms with Gasteiger partial charge in [-0.3, -0.25) is 4.79 Å². The third kappa shape index (κ3) is 3.06. The van der Waals surface area contributed by atoms with Gasteiger partial charge in [-0.25, -0.2) is 0 Å². The van der Waals surface area contributed by atoms with E-state index in [0.29, 0.717) is 12.3 Å². The Labute approximate surface area is 132 Å². The minimum absolute atomic E-state index is 0.0605. The van der Waals surface area contributed by atoms with Gasteiger partial charge >= 0.3 is 0 Å². The lowest BCUT2D eigenvalue weighted by Crippen LogP contribution is -2.28. The van der Waals surface area contributed by atoms with Gasteiger partial charge in [0.1, 0.15) is 0 Å². The second kappa shape index (κ2) is 6.35. The molecule has 1 aliphatic carbocycles. The zero-order valence-electron chi connectivity index (χ0n) is 13.3. The number of fused-ring (bicyclic) bond motifs is 1. The molecule has 22 heavy (non-hydrogen) atoms. The molecule has 1 N–H and O–H groups in total. The highest BCUT2D eigenvalue weighted by Gasteiger charge is 2.24. The first-order chi connectivity index (χ1) is 10.6. The fourth-order valence-corrected chi connectivity index (χ4v) is 3.53. The summed E-state index contributed by atoms with van der Waals surface area (Å²) in [5.41, 5.74) is 5.19. The molecule has 0 bridgehead atoms. The van der Waals surface area contributed by atoms with E-state index in [2.05, 4.69) is 55.6 Å². The molecule has 0 heterocycles. The van der Waals surface area contributed by atoms with Crippen LogP contribution in [-0.4, -0.2) is 5.91 Å².